The van der Waals surface area contributed by atoms with Crippen LogP contribution in [-0.4, -0.2) is 18.0 Å². The number of carbonyl (C=O) groups excluding carboxylic acids is 2. The molecule has 0 aliphatic rings. The van der Waals surface area contributed by atoms with E-state index >= 15 is 0 Å². The van der Waals surface area contributed by atoms with E-state index in [4.69, 9.17) is 27.9 Å². The summed E-state index contributed by atoms with van der Waals surface area (Å²) in [5.41, 5.74) is 2.35. The number of hydrogen-bond donors (Lipinski definition) is 1. The highest BCUT2D eigenvalue weighted by Crippen LogP contribution is 2.23. The first-order valence-corrected chi connectivity index (χ1v) is 8.11. The smallest absolute Gasteiger partial charge is 0.311 e. The van der Waals surface area contributed by atoms with Gasteiger partial charge in [0.1, 0.15) is 0 Å². The van der Waals surface area contributed by atoms with Gasteiger partial charge in [0.05, 0.1) is 16.5 Å². The minimum atomic E-state index is -0.902. The van der Waals surface area contributed by atoms with Crippen LogP contribution in [0.1, 0.15) is 18.1 Å². The summed E-state index contributed by atoms with van der Waals surface area (Å²) >= 11 is 11.7. The Balaban J connectivity index is 1.90. The van der Waals surface area contributed by atoms with Crippen LogP contribution in [0.15, 0.2) is 42.5 Å². The summed E-state index contributed by atoms with van der Waals surface area (Å²) < 4.78 is 5.16. The van der Waals surface area contributed by atoms with Gasteiger partial charge in [-0.25, -0.2) is 0 Å². The number of esters is 1. The second-order valence-electron chi connectivity index (χ2n) is 5.42. The summed E-state index contributed by atoms with van der Waals surface area (Å²) in [7, 11) is 0. The van der Waals surface area contributed by atoms with Gasteiger partial charge in [0.25, 0.3) is 5.91 Å². The minimum absolute atomic E-state index is 0.0129. The van der Waals surface area contributed by atoms with Crippen LogP contribution >= 0.6 is 23.2 Å². The summed E-state index contributed by atoms with van der Waals surface area (Å²) in [6.45, 7) is 3.45. The van der Waals surface area contributed by atoms with Gasteiger partial charge in [-0.1, -0.05) is 41.4 Å². The molecule has 0 aliphatic heterocycles. The first-order chi connectivity index (χ1) is 11.3. The zero-order chi connectivity index (χ0) is 17.7. The Morgan fingerprint density at radius 2 is 1.88 bits per heavy atom. The molecule has 2 rings (SSSR count). The SMILES string of the molecule is Cc1cccc(NC(=O)[C@@H](C)OC(=O)Cc2ccc(Cl)c(Cl)c2)c1. The molecule has 0 bridgehead atoms. The molecule has 24 heavy (non-hydrogen) atoms. The Labute approximate surface area is 150 Å². The Morgan fingerprint density at radius 1 is 1.12 bits per heavy atom. The first kappa shape index (κ1) is 18.3. The van der Waals surface area contributed by atoms with Gasteiger partial charge in [-0.2, -0.15) is 0 Å². The highest BCUT2D eigenvalue weighted by molar-refractivity contribution is 6.42. The van der Waals surface area contributed by atoms with Gasteiger partial charge in [0.2, 0.25) is 0 Å². The van der Waals surface area contributed by atoms with E-state index in [0.29, 0.717) is 21.3 Å². The number of nitrogens with one attached hydrogen (secondary N) is 1. The lowest BCUT2D eigenvalue weighted by Gasteiger charge is -2.14. The third-order valence-corrected chi connectivity index (χ3v) is 4.03. The van der Waals surface area contributed by atoms with E-state index in [1.54, 1.807) is 24.3 Å². The maximum Gasteiger partial charge on any atom is 0.311 e. The highest BCUT2D eigenvalue weighted by atomic mass is 35.5. The molecule has 1 N–H and O–H groups in total. The van der Waals surface area contributed by atoms with Crippen molar-refractivity contribution in [3.05, 3.63) is 63.6 Å². The zero-order valence-corrected chi connectivity index (χ0v) is 14.8. The molecule has 0 spiro atoms. The van der Waals surface area contributed by atoms with E-state index in [1.165, 1.54) is 6.92 Å². The fraction of sp³-hybridized carbons (Fsp3) is 0.222. The summed E-state index contributed by atoms with van der Waals surface area (Å²) in [5, 5.41) is 3.50. The number of benzene rings is 2. The number of hydrogen-bond acceptors (Lipinski definition) is 3. The van der Waals surface area contributed by atoms with Gasteiger partial charge in [-0.3, -0.25) is 9.59 Å². The highest BCUT2D eigenvalue weighted by Gasteiger charge is 2.18. The van der Waals surface area contributed by atoms with Crippen molar-refractivity contribution in [3.8, 4) is 0 Å². The molecule has 2 aromatic rings. The second kappa shape index (κ2) is 8.18. The van der Waals surface area contributed by atoms with E-state index in [0.717, 1.165) is 5.56 Å². The monoisotopic (exact) mass is 365 g/mol. The van der Waals surface area contributed by atoms with E-state index in [9.17, 15) is 9.59 Å². The van der Waals surface area contributed by atoms with E-state index < -0.39 is 12.1 Å². The average molecular weight is 366 g/mol. The largest absolute Gasteiger partial charge is 0.452 e. The standard InChI is InChI=1S/C18H17Cl2NO3/c1-11-4-3-5-14(8-11)21-18(23)12(2)24-17(22)10-13-6-7-15(19)16(20)9-13/h3-9,12H,10H2,1-2H3,(H,21,23)/t12-/m1/s1. The molecule has 2 aromatic carbocycles. The Bertz CT molecular complexity index is 762. The van der Waals surface area contributed by atoms with Crippen molar-refractivity contribution in [1.82, 2.24) is 0 Å². The quantitative estimate of drug-likeness (QED) is 0.798. The van der Waals surface area contributed by atoms with Gasteiger partial charge in [-0.15, -0.1) is 0 Å². The lowest BCUT2D eigenvalue weighted by molar-refractivity contribution is -0.152. The number of amides is 1. The number of aryl methyl sites for hydroxylation is 1. The van der Waals surface area contributed by atoms with Crippen LogP contribution in [-0.2, 0) is 20.7 Å². The summed E-state index contributed by atoms with van der Waals surface area (Å²) in [5.74, 6) is -0.900. The van der Waals surface area contributed by atoms with Gasteiger partial charge >= 0.3 is 5.97 Å². The van der Waals surface area contributed by atoms with Crippen molar-refractivity contribution in [2.45, 2.75) is 26.4 Å². The predicted molar refractivity (Wildman–Crippen MR) is 95.5 cm³/mol. The van der Waals surface area contributed by atoms with Crippen molar-refractivity contribution in [2.75, 3.05) is 5.32 Å². The molecule has 6 heteroatoms. The van der Waals surface area contributed by atoms with Crippen molar-refractivity contribution in [3.63, 3.8) is 0 Å². The molecule has 0 radical (unpaired) electrons. The second-order valence-corrected chi connectivity index (χ2v) is 6.23. The molecular formula is C18H17Cl2NO3. The topological polar surface area (TPSA) is 55.4 Å². The normalized spacial score (nSPS) is 11.7. The summed E-state index contributed by atoms with van der Waals surface area (Å²) in [6.07, 6.45) is -0.889. The molecule has 0 unspecified atom stereocenters. The van der Waals surface area contributed by atoms with Crippen molar-refractivity contribution in [1.29, 1.82) is 0 Å². The van der Waals surface area contributed by atoms with Crippen LogP contribution in [0.4, 0.5) is 5.69 Å². The Morgan fingerprint density at radius 3 is 2.54 bits per heavy atom. The predicted octanol–water partition coefficient (Wildman–Crippen LogP) is 4.41. The van der Waals surface area contributed by atoms with Crippen molar-refractivity contribution >= 4 is 40.8 Å². The van der Waals surface area contributed by atoms with Crippen molar-refractivity contribution in [2.24, 2.45) is 0 Å². The van der Waals surface area contributed by atoms with Crippen LogP contribution < -0.4 is 5.32 Å². The lowest BCUT2D eigenvalue weighted by atomic mass is 10.1. The molecule has 0 saturated carbocycles. The summed E-state index contributed by atoms with van der Waals surface area (Å²) in [4.78, 5) is 24.0. The molecule has 0 aliphatic carbocycles. The number of carbonyl (C=O) groups is 2. The van der Waals surface area contributed by atoms with E-state index in [-0.39, 0.29) is 12.3 Å². The lowest BCUT2D eigenvalue weighted by Crippen LogP contribution is -2.30. The molecule has 4 nitrogen and oxygen atoms in total. The van der Waals surface area contributed by atoms with E-state index in [1.807, 2.05) is 25.1 Å². The molecule has 1 amide bonds. The van der Waals surface area contributed by atoms with Crippen LogP contribution in [0.3, 0.4) is 0 Å². The van der Waals surface area contributed by atoms with Crippen LogP contribution in [0.2, 0.25) is 10.0 Å². The van der Waals surface area contributed by atoms with Gasteiger partial charge < -0.3 is 10.1 Å². The van der Waals surface area contributed by atoms with Crippen molar-refractivity contribution < 1.29 is 14.3 Å². The molecule has 1 atom stereocenters. The van der Waals surface area contributed by atoms with Gasteiger partial charge in [-0.05, 0) is 49.2 Å². The van der Waals surface area contributed by atoms with Gasteiger partial charge in [0.15, 0.2) is 6.10 Å². The third kappa shape index (κ3) is 5.25. The molecule has 0 fully saturated rings. The van der Waals surface area contributed by atoms with Crippen LogP contribution in [0, 0.1) is 6.92 Å². The maximum absolute atomic E-state index is 12.1. The number of ether oxygens (including phenoxy) is 1. The fourth-order valence-corrected chi connectivity index (χ4v) is 2.40. The Kier molecular flexibility index (Phi) is 6.23. The number of halogens is 2. The molecule has 126 valence electrons. The molecular weight excluding hydrogens is 349 g/mol. The van der Waals surface area contributed by atoms with Crippen LogP contribution in [0.5, 0.6) is 0 Å². The third-order valence-electron chi connectivity index (χ3n) is 3.30. The van der Waals surface area contributed by atoms with Crippen LogP contribution in [0.25, 0.3) is 0 Å². The average Bonchev–Trinajstić information content (AvgIpc) is 2.50. The molecule has 0 heterocycles. The first-order valence-electron chi connectivity index (χ1n) is 7.36. The minimum Gasteiger partial charge on any atom is -0.452 e. The summed E-state index contributed by atoms with van der Waals surface area (Å²) in [6, 6.07) is 12.3. The zero-order valence-electron chi connectivity index (χ0n) is 13.3. The van der Waals surface area contributed by atoms with Gasteiger partial charge in [0, 0.05) is 5.69 Å². The molecule has 0 saturated heterocycles. The molecule has 0 aromatic heterocycles. The maximum atomic E-state index is 12.1. The number of rotatable bonds is 5. The number of anilines is 1. The Hall–Kier alpha value is -2.04. The fourth-order valence-electron chi connectivity index (χ4n) is 2.08. The van der Waals surface area contributed by atoms with E-state index in [2.05, 4.69) is 5.32 Å².